The molecule has 4 rings (SSSR count). The fraction of sp³-hybridized carbons (Fsp3) is 0.381. The van der Waals surface area contributed by atoms with Crippen molar-refractivity contribution in [3.63, 3.8) is 0 Å². The van der Waals surface area contributed by atoms with Crippen LogP contribution in [0.15, 0.2) is 36.8 Å². The Balaban J connectivity index is 1.57. The van der Waals surface area contributed by atoms with Crippen LogP contribution >= 0.6 is 0 Å². The van der Waals surface area contributed by atoms with Crippen LogP contribution in [0.2, 0.25) is 0 Å². The van der Waals surface area contributed by atoms with Crippen LogP contribution in [0.4, 0.5) is 11.6 Å². The van der Waals surface area contributed by atoms with Crippen LogP contribution in [0.1, 0.15) is 26.7 Å². The third kappa shape index (κ3) is 4.65. The second kappa shape index (κ2) is 8.48. The molecule has 0 aromatic carbocycles. The summed E-state index contributed by atoms with van der Waals surface area (Å²) < 4.78 is 0. The minimum Gasteiger partial charge on any atom is -0.367 e. The van der Waals surface area contributed by atoms with Gasteiger partial charge in [0.15, 0.2) is 0 Å². The minimum atomic E-state index is 0.0211. The van der Waals surface area contributed by atoms with Crippen molar-refractivity contribution in [2.24, 2.45) is 5.92 Å². The number of hydrogen-bond acceptors (Lipinski definition) is 7. The first-order chi connectivity index (χ1) is 14.1. The molecule has 0 saturated carbocycles. The van der Waals surface area contributed by atoms with Gasteiger partial charge in [-0.1, -0.05) is 0 Å². The zero-order valence-electron chi connectivity index (χ0n) is 16.6. The molecule has 150 valence electrons. The van der Waals surface area contributed by atoms with Crippen molar-refractivity contribution in [1.82, 2.24) is 25.3 Å². The number of carbonyl (C=O) groups excluding carboxylic acids is 1. The van der Waals surface area contributed by atoms with Gasteiger partial charge in [0.2, 0.25) is 5.91 Å². The maximum absolute atomic E-state index is 12.5. The van der Waals surface area contributed by atoms with Crippen molar-refractivity contribution >= 4 is 28.4 Å². The minimum absolute atomic E-state index is 0.0211. The van der Waals surface area contributed by atoms with Gasteiger partial charge in [0.1, 0.15) is 17.3 Å². The summed E-state index contributed by atoms with van der Waals surface area (Å²) >= 11 is 0. The third-order valence-corrected chi connectivity index (χ3v) is 4.87. The highest BCUT2D eigenvalue weighted by molar-refractivity contribution is 5.93. The summed E-state index contributed by atoms with van der Waals surface area (Å²) in [6.07, 6.45) is 6.82. The number of nitrogens with zero attached hydrogens (tertiary/aromatic N) is 4. The lowest BCUT2D eigenvalue weighted by atomic mass is 9.97. The van der Waals surface area contributed by atoms with Crippen LogP contribution in [-0.2, 0) is 4.79 Å². The van der Waals surface area contributed by atoms with Crippen molar-refractivity contribution in [1.29, 1.82) is 0 Å². The molecule has 0 radical (unpaired) electrons. The molecule has 1 fully saturated rings. The highest BCUT2D eigenvalue weighted by Gasteiger charge is 2.21. The molecule has 0 unspecified atom stereocenters. The first-order valence-electron chi connectivity index (χ1n) is 9.96. The number of aromatic nitrogens is 4. The van der Waals surface area contributed by atoms with E-state index in [4.69, 9.17) is 4.98 Å². The molecular weight excluding hydrogens is 366 g/mol. The summed E-state index contributed by atoms with van der Waals surface area (Å²) in [4.78, 5) is 30.4. The fourth-order valence-corrected chi connectivity index (χ4v) is 3.39. The van der Waals surface area contributed by atoms with Crippen LogP contribution in [0.25, 0.3) is 22.3 Å². The first kappa shape index (κ1) is 19.2. The molecule has 4 heterocycles. The predicted molar refractivity (Wildman–Crippen MR) is 114 cm³/mol. The quantitative estimate of drug-likeness (QED) is 0.614. The fourth-order valence-electron chi connectivity index (χ4n) is 3.39. The number of anilines is 2. The second-order valence-corrected chi connectivity index (χ2v) is 7.56. The summed E-state index contributed by atoms with van der Waals surface area (Å²) in [6.45, 7) is 5.85. The van der Waals surface area contributed by atoms with E-state index in [2.05, 4.69) is 44.7 Å². The summed E-state index contributed by atoms with van der Waals surface area (Å²) in [5.41, 5.74) is 2.16. The molecule has 1 aliphatic rings. The van der Waals surface area contributed by atoms with E-state index >= 15 is 0 Å². The molecule has 1 aliphatic heterocycles. The van der Waals surface area contributed by atoms with E-state index in [1.807, 2.05) is 18.2 Å². The second-order valence-electron chi connectivity index (χ2n) is 7.56. The highest BCUT2D eigenvalue weighted by Crippen LogP contribution is 2.22. The number of nitrogens with one attached hydrogen (secondary N) is 3. The van der Waals surface area contributed by atoms with E-state index < -0.39 is 0 Å². The van der Waals surface area contributed by atoms with Gasteiger partial charge in [-0.3, -0.25) is 9.78 Å². The normalized spacial score (nSPS) is 14.9. The van der Waals surface area contributed by atoms with E-state index in [-0.39, 0.29) is 17.9 Å². The van der Waals surface area contributed by atoms with Gasteiger partial charge in [0.05, 0.1) is 23.6 Å². The molecule has 3 aromatic rings. The van der Waals surface area contributed by atoms with E-state index in [1.54, 1.807) is 18.6 Å². The Morgan fingerprint density at radius 2 is 1.90 bits per heavy atom. The van der Waals surface area contributed by atoms with E-state index in [1.165, 1.54) is 0 Å². The van der Waals surface area contributed by atoms with E-state index in [0.717, 1.165) is 42.5 Å². The van der Waals surface area contributed by atoms with Crippen molar-refractivity contribution in [3.8, 4) is 11.4 Å². The molecule has 29 heavy (non-hydrogen) atoms. The molecule has 1 amide bonds. The predicted octanol–water partition coefficient (Wildman–Crippen LogP) is 2.85. The molecule has 8 nitrogen and oxygen atoms in total. The van der Waals surface area contributed by atoms with Gasteiger partial charge in [0, 0.05) is 29.6 Å². The van der Waals surface area contributed by atoms with Gasteiger partial charge in [-0.2, -0.15) is 0 Å². The van der Waals surface area contributed by atoms with Crippen LogP contribution in [0.3, 0.4) is 0 Å². The number of piperidine rings is 1. The Kier molecular flexibility index (Phi) is 5.62. The van der Waals surface area contributed by atoms with Crippen molar-refractivity contribution in [2.45, 2.75) is 32.7 Å². The average molecular weight is 391 g/mol. The Morgan fingerprint density at radius 3 is 2.69 bits per heavy atom. The van der Waals surface area contributed by atoms with Crippen molar-refractivity contribution in [2.75, 3.05) is 23.7 Å². The Hall–Kier alpha value is -3.13. The highest BCUT2D eigenvalue weighted by atomic mass is 16.1. The summed E-state index contributed by atoms with van der Waals surface area (Å²) in [7, 11) is 0. The molecule has 0 atom stereocenters. The van der Waals surface area contributed by atoms with Crippen LogP contribution in [-0.4, -0.2) is 45.0 Å². The van der Waals surface area contributed by atoms with Crippen LogP contribution in [0.5, 0.6) is 0 Å². The molecule has 0 bridgehead atoms. The van der Waals surface area contributed by atoms with Gasteiger partial charge in [-0.25, -0.2) is 15.0 Å². The number of pyridine rings is 2. The Labute approximate surface area is 169 Å². The molecule has 0 spiro atoms. The van der Waals surface area contributed by atoms with Gasteiger partial charge in [-0.15, -0.1) is 0 Å². The number of carbonyl (C=O) groups is 1. The van der Waals surface area contributed by atoms with Gasteiger partial charge < -0.3 is 16.0 Å². The summed E-state index contributed by atoms with van der Waals surface area (Å²) in [5.74, 6) is 1.28. The van der Waals surface area contributed by atoms with Crippen molar-refractivity contribution in [3.05, 3.63) is 36.8 Å². The SMILES string of the molecule is CC(C)Nc1cncc(-c2ccc3cnc(NC(=O)C4CCNCC4)cc3n2)n1. The summed E-state index contributed by atoms with van der Waals surface area (Å²) in [6, 6.07) is 5.93. The Morgan fingerprint density at radius 1 is 1.07 bits per heavy atom. The smallest absolute Gasteiger partial charge is 0.228 e. The lowest BCUT2D eigenvalue weighted by molar-refractivity contribution is -0.120. The van der Waals surface area contributed by atoms with Crippen LogP contribution < -0.4 is 16.0 Å². The number of amides is 1. The van der Waals surface area contributed by atoms with E-state index in [9.17, 15) is 4.79 Å². The molecule has 3 N–H and O–H groups in total. The zero-order chi connectivity index (χ0) is 20.2. The number of hydrogen-bond donors (Lipinski definition) is 3. The average Bonchev–Trinajstić information content (AvgIpc) is 2.73. The number of fused-ring (bicyclic) bond motifs is 1. The van der Waals surface area contributed by atoms with Gasteiger partial charge in [0.25, 0.3) is 0 Å². The third-order valence-electron chi connectivity index (χ3n) is 4.87. The maximum atomic E-state index is 12.5. The maximum Gasteiger partial charge on any atom is 0.228 e. The van der Waals surface area contributed by atoms with Gasteiger partial charge >= 0.3 is 0 Å². The molecule has 3 aromatic heterocycles. The van der Waals surface area contributed by atoms with Gasteiger partial charge in [-0.05, 0) is 51.9 Å². The largest absolute Gasteiger partial charge is 0.367 e. The van der Waals surface area contributed by atoms with E-state index in [0.29, 0.717) is 17.3 Å². The molecule has 8 heteroatoms. The molecule has 0 aliphatic carbocycles. The van der Waals surface area contributed by atoms with Crippen molar-refractivity contribution < 1.29 is 4.79 Å². The molecular formula is C21H25N7O. The lowest BCUT2D eigenvalue weighted by Crippen LogP contribution is -2.34. The molecule has 1 saturated heterocycles. The Bertz CT molecular complexity index is 1010. The zero-order valence-corrected chi connectivity index (χ0v) is 16.6. The standard InChI is InChI=1S/C21H25N7O/c1-13(2)25-20-12-23-11-18(27-20)16-4-3-15-10-24-19(9-17(15)26-16)28-21(29)14-5-7-22-8-6-14/h3-4,9-14,22H,5-8H2,1-2H3,(H,25,27)(H,24,28,29). The summed E-state index contributed by atoms with van der Waals surface area (Å²) in [5, 5.41) is 10.4. The first-order valence-corrected chi connectivity index (χ1v) is 9.96. The monoisotopic (exact) mass is 391 g/mol. The van der Waals surface area contributed by atoms with Crippen LogP contribution in [0, 0.1) is 5.92 Å². The number of rotatable bonds is 5. The topological polar surface area (TPSA) is 105 Å². The lowest BCUT2D eigenvalue weighted by Gasteiger charge is -2.21.